The minimum Gasteiger partial charge on any atom is -0.321 e. The predicted octanol–water partition coefficient (Wildman–Crippen LogP) is 2.93. The minimum absolute atomic E-state index is 0.0414. The lowest BCUT2D eigenvalue weighted by atomic mass is 10.0. The molecule has 0 spiro atoms. The molecule has 0 amide bonds. The van der Waals surface area contributed by atoms with Gasteiger partial charge < -0.3 is 10.7 Å². The van der Waals surface area contributed by atoms with Gasteiger partial charge in [-0.2, -0.15) is 0 Å². The van der Waals surface area contributed by atoms with E-state index in [4.69, 9.17) is 5.73 Å². The molecule has 1 saturated heterocycles. The van der Waals surface area contributed by atoms with E-state index >= 15 is 0 Å². The molecule has 4 rings (SSSR count). The fraction of sp³-hybridized carbons (Fsp3) is 0.348. The third-order valence-corrected chi connectivity index (χ3v) is 6.03. The van der Waals surface area contributed by atoms with Crippen LogP contribution in [0.4, 0.5) is 0 Å². The highest BCUT2D eigenvalue weighted by Gasteiger charge is 2.36. The summed E-state index contributed by atoms with van der Waals surface area (Å²) in [7, 11) is 4.09. The molecular formula is C23H28N4O. The van der Waals surface area contributed by atoms with Crippen molar-refractivity contribution in [2.45, 2.75) is 25.6 Å². The zero-order chi connectivity index (χ0) is 19.9. The number of likely N-dealkylation sites (tertiary alicyclic amines) is 1. The van der Waals surface area contributed by atoms with Gasteiger partial charge in [-0.25, -0.2) is 0 Å². The average Bonchev–Trinajstić information content (AvgIpc) is 3.05. The molecule has 2 aromatic carbocycles. The zero-order valence-corrected chi connectivity index (χ0v) is 16.8. The molecule has 0 saturated carbocycles. The van der Waals surface area contributed by atoms with E-state index in [1.165, 1.54) is 5.56 Å². The maximum absolute atomic E-state index is 12.5. The van der Waals surface area contributed by atoms with Gasteiger partial charge in [0.15, 0.2) is 0 Å². The molecule has 0 radical (unpaired) electrons. The van der Waals surface area contributed by atoms with E-state index in [0.717, 1.165) is 53.6 Å². The Morgan fingerprint density at radius 2 is 1.89 bits per heavy atom. The van der Waals surface area contributed by atoms with Crippen LogP contribution in [0, 0.1) is 6.92 Å². The summed E-state index contributed by atoms with van der Waals surface area (Å²) in [6.07, 6.45) is 0.982. The van der Waals surface area contributed by atoms with Crippen LogP contribution in [0.2, 0.25) is 0 Å². The summed E-state index contributed by atoms with van der Waals surface area (Å²) in [5.74, 6) is 0. The third kappa shape index (κ3) is 3.49. The Morgan fingerprint density at radius 1 is 1.14 bits per heavy atom. The van der Waals surface area contributed by atoms with Crippen molar-refractivity contribution in [1.29, 1.82) is 0 Å². The molecule has 0 aliphatic carbocycles. The van der Waals surface area contributed by atoms with Gasteiger partial charge in [-0.15, -0.1) is 0 Å². The number of likely N-dealkylation sites (N-methyl/N-ethyl adjacent to an activating group) is 1. The first kappa shape index (κ1) is 18.9. The molecular weight excluding hydrogens is 348 g/mol. The summed E-state index contributed by atoms with van der Waals surface area (Å²) >= 11 is 0. The van der Waals surface area contributed by atoms with Crippen LogP contribution in [0.5, 0.6) is 0 Å². The molecule has 0 bridgehead atoms. The van der Waals surface area contributed by atoms with Gasteiger partial charge in [0.1, 0.15) is 0 Å². The quantitative estimate of drug-likeness (QED) is 0.687. The second-order valence-corrected chi connectivity index (χ2v) is 8.20. The molecule has 1 aromatic heterocycles. The summed E-state index contributed by atoms with van der Waals surface area (Å²) in [6.45, 7) is 4.81. The first-order valence-corrected chi connectivity index (χ1v) is 9.76. The Balaban J connectivity index is 1.55. The number of hydrogen-bond acceptors (Lipinski definition) is 4. The van der Waals surface area contributed by atoms with Crippen LogP contribution >= 0.6 is 0 Å². The lowest BCUT2D eigenvalue weighted by Crippen LogP contribution is -2.54. The van der Waals surface area contributed by atoms with E-state index in [9.17, 15) is 4.79 Å². The standard InChI is InChI=1S/C23H28N4O/c1-16-5-4-6-19-20(16)13-21(25-22(19)28)18-9-7-17(8-10-18)14-27-12-11-23(24,15-27)26(2)3/h4-10,13H,11-12,14-15,24H2,1-3H3,(H,25,28). The Hall–Kier alpha value is -2.47. The zero-order valence-electron chi connectivity index (χ0n) is 16.8. The lowest BCUT2D eigenvalue weighted by Gasteiger charge is -2.32. The number of aromatic nitrogens is 1. The van der Waals surface area contributed by atoms with E-state index in [-0.39, 0.29) is 11.2 Å². The summed E-state index contributed by atoms with van der Waals surface area (Å²) in [5, 5.41) is 1.74. The second kappa shape index (κ2) is 7.17. The van der Waals surface area contributed by atoms with Crippen molar-refractivity contribution in [3.05, 3.63) is 70.0 Å². The van der Waals surface area contributed by atoms with E-state index < -0.39 is 0 Å². The van der Waals surface area contributed by atoms with Gasteiger partial charge in [0.25, 0.3) is 5.56 Å². The second-order valence-electron chi connectivity index (χ2n) is 8.20. The van der Waals surface area contributed by atoms with Gasteiger partial charge >= 0.3 is 0 Å². The van der Waals surface area contributed by atoms with Gasteiger partial charge in [0, 0.05) is 30.7 Å². The number of aromatic amines is 1. The number of H-pyrrole nitrogens is 1. The average molecular weight is 377 g/mol. The van der Waals surface area contributed by atoms with Crippen LogP contribution in [0.1, 0.15) is 17.5 Å². The third-order valence-electron chi connectivity index (χ3n) is 6.03. The van der Waals surface area contributed by atoms with Crippen molar-refractivity contribution in [2.24, 2.45) is 5.73 Å². The van der Waals surface area contributed by atoms with Crippen LogP contribution in [-0.4, -0.2) is 47.6 Å². The molecule has 146 valence electrons. The number of nitrogens with one attached hydrogen (secondary N) is 1. The highest BCUT2D eigenvalue weighted by molar-refractivity contribution is 5.87. The van der Waals surface area contributed by atoms with E-state index in [1.807, 2.05) is 39.2 Å². The summed E-state index contributed by atoms with van der Waals surface area (Å²) in [4.78, 5) is 20.0. The van der Waals surface area contributed by atoms with Gasteiger partial charge in [-0.3, -0.25) is 14.6 Å². The molecule has 2 heterocycles. The topological polar surface area (TPSA) is 65.4 Å². The van der Waals surface area contributed by atoms with Crippen molar-refractivity contribution in [1.82, 2.24) is 14.8 Å². The lowest BCUT2D eigenvalue weighted by molar-refractivity contribution is 0.158. The normalized spacial score (nSPS) is 20.3. The number of benzene rings is 2. The fourth-order valence-corrected chi connectivity index (χ4v) is 4.04. The molecule has 28 heavy (non-hydrogen) atoms. The summed E-state index contributed by atoms with van der Waals surface area (Å²) in [5.41, 5.74) is 10.4. The molecule has 5 nitrogen and oxygen atoms in total. The first-order chi connectivity index (χ1) is 13.4. The summed E-state index contributed by atoms with van der Waals surface area (Å²) in [6, 6.07) is 16.4. The number of rotatable bonds is 4. The Kier molecular flexibility index (Phi) is 4.83. The van der Waals surface area contributed by atoms with E-state index in [2.05, 4.69) is 45.1 Å². The fourth-order valence-electron chi connectivity index (χ4n) is 4.04. The highest BCUT2D eigenvalue weighted by atomic mass is 16.1. The number of nitrogens with zero attached hydrogens (tertiary/aromatic N) is 2. The molecule has 1 aliphatic rings. The largest absolute Gasteiger partial charge is 0.321 e. The van der Waals surface area contributed by atoms with Crippen molar-refractivity contribution in [3.8, 4) is 11.3 Å². The summed E-state index contributed by atoms with van der Waals surface area (Å²) < 4.78 is 0. The number of pyridine rings is 1. The van der Waals surface area contributed by atoms with Gasteiger partial charge in [0.2, 0.25) is 0 Å². The van der Waals surface area contributed by atoms with Crippen LogP contribution in [-0.2, 0) is 6.54 Å². The van der Waals surface area contributed by atoms with E-state index in [0.29, 0.717) is 0 Å². The monoisotopic (exact) mass is 376 g/mol. The number of aryl methyl sites for hydroxylation is 1. The van der Waals surface area contributed by atoms with Crippen molar-refractivity contribution in [2.75, 3.05) is 27.2 Å². The van der Waals surface area contributed by atoms with Crippen molar-refractivity contribution < 1.29 is 0 Å². The van der Waals surface area contributed by atoms with Gasteiger partial charge in [0.05, 0.1) is 5.66 Å². The number of fused-ring (bicyclic) bond motifs is 1. The Bertz CT molecular complexity index is 1050. The molecule has 1 fully saturated rings. The molecule has 1 aliphatic heterocycles. The minimum atomic E-state index is -0.234. The smallest absolute Gasteiger partial charge is 0.256 e. The van der Waals surface area contributed by atoms with Crippen LogP contribution in [0.15, 0.2) is 53.3 Å². The maximum Gasteiger partial charge on any atom is 0.256 e. The molecule has 3 aromatic rings. The van der Waals surface area contributed by atoms with Crippen LogP contribution in [0.25, 0.3) is 22.0 Å². The first-order valence-electron chi connectivity index (χ1n) is 9.76. The number of hydrogen-bond donors (Lipinski definition) is 2. The SMILES string of the molecule is Cc1cccc2c(=O)[nH]c(-c3ccc(CN4CCC(N)(N(C)C)C4)cc3)cc12. The predicted molar refractivity (Wildman–Crippen MR) is 115 cm³/mol. The number of nitrogens with two attached hydrogens (primary N) is 1. The Morgan fingerprint density at radius 3 is 2.57 bits per heavy atom. The molecule has 5 heteroatoms. The molecule has 1 atom stereocenters. The maximum atomic E-state index is 12.5. The van der Waals surface area contributed by atoms with Crippen LogP contribution in [0.3, 0.4) is 0 Å². The van der Waals surface area contributed by atoms with Crippen molar-refractivity contribution >= 4 is 10.8 Å². The highest BCUT2D eigenvalue weighted by Crippen LogP contribution is 2.25. The van der Waals surface area contributed by atoms with Gasteiger partial charge in [-0.1, -0.05) is 36.4 Å². The molecule has 1 unspecified atom stereocenters. The van der Waals surface area contributed by atoms with Crippen LogP contribution < -0.4 is 11.3 Å². The Labute approximate surface area is 165 Å². The van der Waals surface area contributed by atoms with Gasteiger partial charge in [-0.05, 0) is 61.6 Å². The van der Waals surface area contributed by atoms with E-state index in [1.54, 1.807) is 0 Å². The molecule has 3 N–H and O–H groups in total. The van der Waals surface area contributed by atoms with Crippen molar-refractivity contribution in [3.63, 3.8) is 0 Å².